The molecule has 0 radical (unpaired) electrons. The molecule has 1 aromatic carbocycles. The molecule has 0 saturated heterocycles. The van der Waals surface area contributed by atoms with E-state index in [-0.39, 0.29) is 0 Å². The van der Waals surface area contributed by atoms with Crippen LogP contribution in [0.3, 0.4) is 0 Å². The Labute approximate surface area is 126 Å². The molecule has 0 saturated carbocycles. The summed E-state index contributed by atoms with van der Waals surface area (Å²) < 4.78 is 0. The minimum absolute atomic E-state index is 0.324. The van der Waals surface area contributed by atoms with Crippen LogP contribution in [0.25, 0.3) is 0 Å². The van der Waals surface area contributed by atoms with Crippen molar-refractivity contribution in [3.05, 3.63) is 45.4 Å². The number of rotatable bonds is 5. The molecule has 0 amide bonds. The van der Waals surface area contributed by atoms with Crippen molar-refractivity contribution in [2.24, 2.45) is 0 Å². The minimum atomic E-state index is -0.912. The highest BCUT2D eigenvalue weighted by Crippen LogP contribution is 2.27. The molecule has 20 heavy (non-hydrogen) atoms. The predicted octanol–water partition coefficient (Wildman–Crippen LogP) is 3.69. The molecular weight excluding hydrogens is 296 g/mol. The van der Waals surface area contributed by atoms with Crippen LogP contribution in [0.5, 0.6) is 0 Å². The maximum absolute atomic E-state index is 11.1. The van der Waals surface area contributed by atoms with E-state index in [4.69, 9.17) is 16.7 Å². The van der Waals surface area contributed by atoms with Gasteiger partial charge in [0.1, 0.15) is 4.88 Å². The summed E-state index contributed by atoms with van der Waals surface area (Å²) in [6.07, 6.45) is 0.618. The van der Waals surface area contributed by atoms with Gasteiger partial charge in [-0.25, -0.2) is 9.78 Å². The number of carboxylic acid groups (broad SMARTS) is 1. The molecule has 0 bridgehead atoms. The third-order valence-corrected chi connectivity index (χ3v) is 4.33. The van der Waals surface area contributed by atoms with E-state index < -0.39 is 5.97 Å². The molecular formula is C14H15ClN2O2S. The minimum Gasteiger partial charge on any atom is -0.477 e. The van der Waals surface area contributed by atoms with E-state index in [0.717, 1.165) is 5.56 Å². The van der Waals surface area contributed by atoms with Gasteiger partial charge in [-0.05, 0) is 24.1 Å². The van der Waals surface area contributed by atoms with Gasteiger partial charge in [0.15, 0.2) is 5.13 Å². The molecule has 2 aromatic rings. The molecule has 1 N–H and O–H groups in total. The number of halogens is 1. The van der Waals surface area contributed by atoms with Crippen molar-refractivity contribution in [3.63, 3.8) is 0 Å². The van der Waals surface area contributed by atoms with E-state index >= 15 is 0 Å². The molecule has 0 aliphatic rings. The standard InChI is InChI=1S/C14H15ClN2O2S/c1-3-11-12(13(18)19)20-14(16-11)17(2)8-9-4-6-10(15)7-5-9/h4-7H,3,8H2,1-2H3,(H,18,19). The lowest BCUT2D eigenvalue weighted by Crippen LogP contribution is -2.16. The Balaban J connectivity index is 2.18. The summed E-state index contributed by atoms with van der Waals surface area (Å²) in [6, 6.07) is 7.58. The van der Waals surface area contributed by atoms with Gasteiger partial charge in [-0.3, -0.25) is 0 Å². The van der Waals surface area contributed by atoms with Crippen LogP contribution in [-0.2, 0) is 13.0 Å². The van der Waals surface area contributed by atoms with Crippen molar-refractivity contribution in [2.75, 3.05) is 11.9 Å². The summed E-state index contributed by atoms with van der Waals surface area (Å²) in [5.74, 6) is -0.912. The number of thiazole rings is 1. The van der Waals surface area contributed by atoms with E-state index in [9.17, 15) is 4.79 Å². The second-order valence-electron chi connectivity index (χ2n) is 4.41. The molecule has 4 nitrogen and oxygen atoms in total. The maximum atomic E-state index is 11.1. The van der Waals surface area contributed by atoms with E-state index in [1.54, 1.807) is 0 Å². The van der Waals surface area contributed by atoms with Crippen molar-refractivity contribution < 1.29 is 9.90 Å². The van der Waals surface area contributed by atoms with Gasteiger partial charge in [-0.15, -0.1) is 0 Å². The first-order valence-corrected chi connectivity index (χ1v) is 7.39. The monoisotopic (exact) mass is 310 g/mol. The van der Waals surface area contributed by atoms with Gasteiger partial charge in [0, 0.05) is 18.6 Å². The van der Waals surface area contributed by atoms with Crippen LogP contribution in [0, 0.1) is 0 Å². The van der Waals surface area contributed by atoms with Gasteiger partial charge < -0.3 is 10.0 Å². The zero-order valence-corrected chi connectivity index (χ0v) is 12.8. The highest BCUT2D eigenvalue weighted by molar-refractivity contribution is 7.17. The lowest BCUT2D eigenvalue weighted by Gasteiger charge is -2.15. The van der Waals surface area contributed by atoms with Crippen LogP contribution in [0.2, 0.25) is 5.02 Å². The molecule has 106 valence electrons. The first-order valence-electron chi connectivity index (χ1n) is 6.19. The van der Waals surface area contributed by atoms with Gasteiger partial charge in [0.2, 0.25) is 0 Å². The lowest BCUT2D eigenvalue weighted by molar-refractivity contribution is 0.0701. The lowest BCUT2D eigenvalue weighted by atomic mass is 10.2. The van der Waals surface area contributed by atoms with Gasteiger partial charge in [0.25, 0.3) is 0 Å². The number of carboxylic acids is 1. The third kappa shape index (κ3) is 3.29. The molecule has 1 aromatic heterocycles. The van der Waals surface area contributed by atoms with Crippen LogP contribution in [0.4, 0.5) is 5.13 Å². The van der Waals surface area contributed by atoms with Crippen molar-refractivity contribution in [1.29, 1.82) is 0 Å². The van der Waals surface area contributed by atoms with Crippen LogP contribution in [-0.4, -0.2) is 23.1 Å². The quantitative estimate of drug-likeness (QED) is 0.915. The number of aromatic carboxylic acids is 1. The van der Waals surface area contributed by atoms with Crippen LogP contribution in [0.1, 0.15) is 27.9 Å². The van der Waals surface area contributed by atoms with E-state index in [1.165, 1.54) is 11.3 Å². The number of benzene rings is 1. The Morgan fingerprint density at radius 3 is 2.55 bits per heavy atom. The number of hydrogen-bond donors (Lipinski definition) is 1. The summed E-state index contributed by atoms with van der Waals surface area (Å²) in [7, 11) is 1.90. The van der Waals surface area contributed by atoms with Crippen molar-refractivity contribution in [3.8, 4) is 0 Å². The zero-order chi connectivity index (χ0) is 14.7. The van der Waals surface area contributed by atoms with Gasteiger partial charge in [-0.1, -0.05) is 42.0 Å². The Hall–Kier alpha value is -1.59. The van der Waals surface area contributed by atoms with Crippen LogP contribution < -0.4 is 4.90 Å². The zero-order valence-electron chi connectivity index (χ0n) is 11.3. The van der Waals surface area contributed by atoms with E-state index in [0.29, 0.717) is 33.7 Å². The Kier molecular flexibility index (Phi) is 4.62. The average Bonchev–Trinajstić information content (AvgIpc) is 2.86. The summed E-state index contributed by atoms with van der Waals surface area (Å²) in [5, 5.41) is 10.6. The fraction of sp³-hybridized carbons (Fsp3) is 0.286. The second kappa shape index (κ2) is 6.24. The first-order chi connectivity index (χ1) is 9.51. The molecule has 0 aliphatic carbocycles. The van der Waals surface area contributed by atoms with E-state index in [1.807, 2.05) is 43.1 Å². The summed E-state index contributed by atoms with van der Waals surface area (Å²) in [5.41, 5.74) is 1.74. The number of aryl methyl sites for hydroxylation is 1. The Morgan fingerprint density at radius 2 is 2.05 bits per heavy atom. The molecule has 6 heteroatoms. The van der Waals surface area contributed by atoms with Crippen molar-refractivity contribution in [1.82, 2.24) is 4.98 Å². The summed E-state index contributed by atoms with van der Waals surface area (Å²) in [6.45, 7) is 2.57. The highest BCUT2D eigenvalue weighted by atomic mass is 35.5. The SMILES string of the molecule is CCc1nc(N(C)Cc2ccc(Cl)cc2)sc1C(=O)O. The smallest absolute Gasteiger partial charge is 0.347 e. The number of aromatic nitrogens is 1. The molecule has 2 rings (SSSR count). The van der Waals surface area contributed by atoms with Crippen molar-refractivity contribution in [2.45, 2.75) is 19.9 Å². The number of anilines is 1. The molecule has 0 atom stereocenters. The number of nitrogens with zero attached hydrogens (tertiary/aromatic N) is 2. The Morgan fingerprint density at radius 1 is 1.40 bits per heavy atom. The molecule has 1 heterocycles. The second-order valence-corrected chi connectivity index (χ2v) is 5.83. The largest absolute Gasteiger partial charge is 0.477 e. The Bertz CT molecular complexity index is 610. The third-order valence-electron chi connectivity index (χ3n) is 2.87. The summed E-state index contributed by atoms with van der Waals surface area (Å²) >= 11 is 7.07. The average molecular weight is 311 g/mol. The molecule has 0 unspecified atom stereocenters. The summed E-state index contributed by atoms with van der Waals surface area (Å²) in [4.78, 5) is 17.8. The highest BCUT2D eigenvalue weighted by Gasteiger charge is 2.18. The maximum Gasteiger partial charge on any atom is 0.347 e. The molecule has 0 aliphatic heterocycles. The molecule has 0 spiro atoms. The van der Waals surface area contributed by atoms with Crippen molar-refractivity contribution >= 4 is 34.0 Å². The van der Waals surface area contributed by atoms with Crippen LogP contribution in [0.15, 0.2) is 24.3 Å². The fourth-order valence-corrected chi connectivity index (χ4v) is 2.92. The normalized spacial score (nSPS) is 10.6. The predicted molar refractivity (Wildman–Crippen MR) is 82.0 cm³/mol. The fourth-order valence-electron chi connectivity index (χ4n) is 1.84. The van der Waals surface area contributed by atoms with Gasteiger partial charge >= 0.3 is 5.97 Å². The first kappa shape index (κ1) is 14.8. The number of carbonyl (C=O) groups is 1. The topological polar surface area (TPSA) is 53.4 Å². The van der Waals surface area contributed by atoms with Crippen LogP contribution >= 0.6 is 22.9 Å². The van der Waals surface area contributed by atoms with Gasteiger partial charge in [-0.2, -0.15) is 0 Å². The molecule has 0 fully saturated rings. The van der Waals surface area contributed by atoms with E-state index in [2.05, 4.69) is 4.98 Å². The number of hydrogen-bond acceptors (Lipinski definition) is 4. The van der Waals surface area contributed by atoms with Gasteiger partial charge in [0.05, 0.1) is 5.69 Å².